The number of rotatable bonds is 4. The molecule has 0 aromatic heterocycles. The van der Waals surface area contributed by atoms with Gasteiger partial charge in [0.1, 0.15) is 5.82 Å². The molecule has 1 heterocycles. The van der Waals surface area contributed by atoms with E-state index < -0.39 is 23.5 Å². The monoisotopic (exact) mass is 357 g/mol. The largest absolute Gasteiger partial charge is 0.300 e. The molecule has 1 amide bonds. The average molecular weight is 357 g/mol. The number of Topliss-reactive ketones (excluding diaryl/α,β-unsaturated/α-hetero) is 1. The first kappa shape index (κ1) is 16.9. The lowest BCUT2D eigenvalue weighted by Gasteiger charge is -2.26. The molecule has 0 spiro atoms. The Labute approximate surface area is 156 Å². The SMILES string of the molecule is O=C1C(=O)N([C@@H](/C=C/c2ccccc2)c2ccccc2)c2cc(F)ccc21. The average Bonchev–Trinajstić information content (AvgIpc) is 2.94. The van der Waals surface area contributed by atoms with Gasteiger partial charge in [0, 0.05) is 0 Å². The Balaban J connectivity index is 1.82. The third-order valence-electron chi connectivity index (χ3n) is 4.57. The Kier molecular flexibility index (Phi) is 4.38. The Morgan fingerprint density at radius 1 is 0.852 bits per heavy atom. The number of anilines is 1. The molecule has 1 atom stereocenters. The summed E-state index contributed by atoms with van der Waals surface area (Å²) in [4.78, 5) is 26.5. The summed E-state index contributed by atoms with van der Waals surface area (Å²) in [5.74, 6) is -1.75. The zero-order chi connectivity index (χ0) is 18.8. The van der Waals surface area contributed by atoms with Gasteiger partial charge in [-0.1, -0.05) is 72.8 Å². The highest BCUT2D eigenvalue weighted by atomic mass is 19.1. The molecule has 0 fully saturated rings. The van der Waals surface area contributed by atoms with Crippen LogP contribution in [0.2, 0.25) is 0 Å². The zero-order valence-corrected chi connectivity index (χ0v) is 14.4. The molecule has 3 aromatic rings. The molecule has 0 N–H and O–H groups in total. The highest BCUT2D eigenvalue weighted by Crippen LogP contribution is 2.37. The van der Waals surface area contributed by atoms with E-state index in [2.05, 4.69) is 0 Å². The van der Waals surface area contributed by atoms with Gasteiger partial charge in [-0.3, -0.25) is 14.5 Å². The van der Waals surface area contributed by atoms with Crippen molar-refractivity contribution in [3.63, 3.8) is 0 Å². The van der Waals surface area contributed by atoms with Crippen molar-refractivity contribution in [3.05, 3.63) is 107 Å². The van der Waals surface area contributed by atoms with Crippen LogP contribution >= 0.6 is 0 Å². The van der Waals surface area contributed by atoms with Crippen molar-refractivity contribution >= 4 is 23.5 Å². The van der Waals surface area contributed by atoms with Gasteiger partial charge in [-0.05, 0) is 29.3 Å². The van der Waals surface area contributed by atoms with Crippen molar-refractivity contribution in [2.45, 2.75) is 6.04 Å². The summed E-state index contributed by atoms with van der Waals surface area (Å²) < 4.78 is 13.8. The molecule has 132 valence electrons. The standard InChI is InChI=1S/C23H16FNO2/c24-18-12-13-19-21(15-18)25(23(27)22(19)26)20(17-9-5-2-6-10-17)14-11-16-7-3-1-4-8-16/h1-15,20H/b14-11+/t20-/m0/s1. The van der Waals surface area contributed by atoms with E-state index in [1.54, 1.807) is 0 Å². The third kappa shape index (κ3) is 3.17. The van der Waals surface area contributed by atoms with Gasteiger partial charge >= 0.3 is 0 Å². The Morgan fingerprint density at radius 2 is 1.52 bits per heavy atom. The first-order valence-electron chi connectivity index (χ1n) is 8.61. The van der Waals surface area contributed by atoms with Crippen molar-refractivity contribution in [3.8, 4) is 0 Å². The van der Waals surface area contributed by atoms with Crippen molar-refractivity contribution < 1.29 is 14.0 Å². The summed E-state index contributed by atoms with van der Waals surface area (Å²) in [6, 6.07) is 22.3. The van der Waals surface area contributed by atoms with Gasteiger partial charge in [-0.2, -0.15) is 0 Å². The third-order valence-corrected chi connectivity index (χ3v) is 4.57. The molecule has 0 bridgehead atoms. The Bertz CT molecular complexity index is 1030. The number of fused-ring (bicyclic) bond motifs is 1. The fourth-order valence-electron chi connectivity index (χ4n) is 3.27. The minimum Gasteiger partial charge on any atom is -0.294 e. The van der Waals surface area contributed by atoms with E-state index in [1.807, 2.05) is 72.8 Å². The number of carbonyl (C=O) groups is 2. The second kappa shape index (κ2) is 7.00. The molecule has 0 radical (unpaired) electrons. The number of ketones is 1. The minimum absolute atomic E-state index is 0.232. The quantitative estimate of drug-likeness (QED) is 0.629. The van der Waals surface area contributed by atoms with Crippen LogP contribution in [0.25, 0.3) is 6.08 Å². The number of benzene rings is 3. The van der Waals surface area contributed by atoms with Crippen LogP contribution in [0.1, 0.15) is 27.5 Å². The Hall–Kier alpha value is -3.53. The zero-order valence-electron chi connectivity index (χ0n) is 14.4. The predicted molar refractivity (Wildman–Crippen MR) is 103 cm³/mol. The van der Waals surface area contributed by atoms with Crippen LogP contribution in [0, 0.1) is 5.82 Å². The van der Waals surface area contributed by atoms with Crippen molar-refractivity contribution in [2.24, 2.45) is 0 Å². The van der Waals surface area contributed by atoms with Crippen LogP contribution < -0.4 is 4.90 Å². The van der Waals surface area contributed by atoms with Crippen LogP contribution in [0.3, 0.4) is 0 Å². The molecular weight excluding hydrogens is 341 g/mol. The number of nitrogens with zero attached hydrogens (tertiary/aromatic N) is 1. The first-order chi connectivity index (χ1) is 13.1. The summed E-state index contributed by atoms with van der Waals surface area (Å²) in [5, 5.41) is 0. The van der Waals surface area contributed by atoms with Crippen LogP contribution in [0.5, 0.6) is 0 Å². The maximum atomic E-state index is 13.8. The van der Waals surface area contributed by atoms with E-state index in [1.165, 1.54) is 23.1 Å². The number of hydrogen-bond acceptors (Lipinski definition) is 2. The highest BCUT2D eigenvalue weighted by molar-refractivity contribution is 6.52. The van der Waals surface area contributed by atoms with Gasteiger partial charge in [0.15, 0.2) is 0 Å². The van der Waals surface area contributed by atoms with Crippen LogP contribution in [-0.2, 0) is 4.79 Å². The molecule has 0 saturated heterocycles. The summed E-state index contributed by atoms with van der Waals surface area (Å²) >= 11 is 0. The van der Waals surface area contributed by atoms with E-state index >= 15 is 0 Å². The van der Waals surface area contributed by atoms with E-state index in [4.69, 9.17) is 0 Å². The maximum absolute atomic E-state index is 13.8. The molecule has 1 aliphatic rings. The lowest BCUT2D eigenvalue weighted by molar-refractivity contribution is -0.114. The van der Waals surface area contributed by atoms with Gasteiger partial charge in [-0.25, -0.2) is 4.39 Å². The van der Waals surface area contributed by atoms with E-state index in [-0.39, 0.29) is 5.56 Å². The lowest BCUT2D eigenvalue weighted by Crippen LogP contribution is -2.33. The van der Waals surface area contributed by atoms with Crippen molar-refractivity contribution in [1.29, 1.82) is 0 Å². The fourth-order valence-corrected chi connectivity index (χ4v) is 3.27. The molecule has 4 heteroatoms. The molecule has 27 heavy (non-hydrogen) atoms. The first-order valence-corrected chi connectivity index (χ1v) is 8.61. The summed E-state index contributed by atoms with van der Waals surface area (Å²) in [6.07, 6.45) is 3.75. The van der Waals surface area contributed by atoms with Crippen molar-refractivity contribution in [2.75, 3.05) is 4.90 Å². The predicted octanol–water partition coefficient (Wildman–Crippen LogP) is 4.81. The molecule has 0 unspecified atom stereocenters. The molecule has 1 aliphatic heterocycles. The second-order valence-electron chi connectivity index (χ2n) is 6.29. The molecule has 0 aliphatic carbocycles. The van der Waals surface area contributed by atoms with Gasteiger partial charge in [0.25, 0.3) is 11.7 Å². The van der Waals surface area contributed by atoms with Crippen molar-refractivity contribution in [1.82, 2.24) is 0 Å². The topological polar surface area (TPSA) is 37.4 Å². The number of hydrogen-bond donors (Lipinski definition) is 0. The lowest BCUT2D eigenvalue weighted by atomic mass is 10.0. The summed E-state index contributed by atoms with van der Waals surface area (Å²) in [6.45, 7) is 0. The molecular formula is C23H16FNO2. The van der Waals surface area contributed by atoms with E-state index in [9.17, 15) is 14.0 Å². The molecule has 3 nitrogen and oxygen atoms in total. The number of halogens is 1. The van der Waals surface area contributed by atoms with Gasteiger partial charge in [0.2, 0.25) is 0 Å². The maximum Gasteiger partial charge on any atom is 0.300 e. The van der Waals surface area contributed by atoms with Gasteiger partial charge in [-0.15, -0.1) is 0 Å². The normalized spacial score (nSPS) is 14.6. The van der Waals surface area contributed by atoms with E-state index in [0.717, 1.165) is 11.1 Å². The van der Waals surface area contributed by atoms with Crippen LogP contribution in [-0.4, -0.2) is 11.7 Å². The van der Waals surface area contributed by atoms with Crippen LogP contribution in [0.4, 0.5) is 10.1 Å². The fraction of sp³-hybridized carbons (Fsp3) is 0.0435. The molecule has 4 rings (SSSR count). The Morgan fingerprint density at radius 3 is 2.22 bits per heavy atom. The molecule has 3 aromatic carbocycles. The van der Waals surface area contributed by atoms with Gasteiger partial charge < -0.3 is 0 Å². The molecule has 0 saturated carbocycles. The summed E-state index contributed by atoms with van der Waals surface area (Å²) in [7, 11) is 0. The smallest absolute Gasteiger partial charge is 0.294 e. The second-order valence-corrected chi connectivity index (χ2v) is 6.29. The van der Waals surface area contributed by atoms with Crippen LogP contribution in [0.15, 0.2) is 84.9 Å². The van der Waals surface area contributed by atoms with Gasteiger partial charge in [0.05, 0.1) is 17.3 Å². The highest BCUT2D eigenvalue weighted by Gasteiger charge is 2.39. The van der Waals surface area contributed by atoms with E-state index in [0.29, 0.717) is 5.69 Å². The number of carbonyl (C=O) groups excluding carboxylic acids is 2. The number of amides is 1. The minimum atomic E-state index is -0.651. The summed E-state index contributed by atoms with van der Waals surface area (Å²) in [5.41, 5.74) is 2.34.